The fourth-order valence-electron chi connectivity index (χ4n) is 4.94. The third-order valence-corrected chi connectivity index (χ3v) is 7.19. The molecule has 0 atom stereocenters. The molecule has 0 saturated heterocycles. The van der Waals surface area contributed by atoms with Crippen LogP contribution in [-0.2, 0) is 27.7 Å². The van der Waals surface area contributed by atoms with Crippen LogP contribution in [-0.4, -0.2) is 13.2 Å². The van der Waals surface area contributed by atoms with Crippen molar-refractivity contribution in [3.05, 3.63) is 143 Å². The summed E-state index contributed by atoms with van der Waals surface area (Å²) in [6.07, 6.45) is 0. The minimum atomic E-state index is -0.684. The van der Waals surface area contributed by atoms with Crippen molar-refractivity contribution in [1.82, 2.24) is 5.32 Å². The molecular formula is C36H43NO. The van der Waals surface area contributed by atoms with E-state index < -0.39 is 5.60 Å². The van der Waals surface area contributed by atoms with Crippen molar-refractivity contribution in [3.63, 3.8) is 0 Å². The fourth-order valence-corrected chi connectivity index (χ4v) is 4.94. The lowest BCUT2D eigenvalue weighted by molar-refractivity contribution is 0.0148. The smallest absolute Gasteiger partial charge is 0.143 e. The molecule has 0 bridgehead atoms. The Hall–Kier alpha value is -3.20. The lowest BCUT2D eigenvalue weighted by Crippen LogP contribution is -2.35. The van der Waals surface area contributed by atoms with Crippen LogP contribution in [0.2, 0.25) is 0 Å². The van der Waals surface area contributed by atoms with Crippen molar-refractivity contribution in [2.75, 3.05) is 13.2 Å². The third-order valence-electron chi connectivity index (χ3n) is 7.19. The van der Waals surface area contributed by atoms with Crippen LogP contribution < -0.4 is 5.32 Å². The molecule has 0 aliphatic heterocycles. The molecule has 0 fully saturated rings. The number of hydrogen-bond donors (Lipinski definition) is 1. The quantitative estimate of drug-likeness (QED) is 0.182. The largest absolute Gasteiger partial charge is 0.360 e. The third kappa shape index (κ3) is 6.43. The summed E-state index contributed by atoms with van der Waals surface area (Å²) in [5, 5.41) is 3.66. The van der Waals surface area contributed by atoms with Crippen LogP contribution in [0, 0.1) is 0 Å². The summed E-state index contributed by atoms with van der Waals surface area (Å²) >= 11 is 0. The van der Waals surface area contributed by atoms with E-state index in [2.05, 4.69) is 156 Å². The van der Waals surface area contributed by atoms with Crippen molar-refractivity contribution in [2.24, 2.45) is 0 Å². The Labute approximate surface area is 230 Å². The van der Waals surface area contributed by atoms with Crippen molar-refractivity contribution >= 4 is 0 Å². The van der Waals surface area contributed by atoms with Crippen LogP contribution in [0.1, 0.15) is 74.9 Å². The normalized spacial score (nSPS) is 12.5. The van der Waals surface area contributed by atoms with Crippen LogP contribution >= 0.6 is 0 Å². The highest BCUT2D eigenvalue weighted by atomic mass is 16.5. The van der Waals surface area contributed by atoms with Gasteiger partial charge in [-0.25, -0.2) is 0 Å². The summed E-state index contributed by atoms with van der Waals surface area (Å²) in [6, 6.07) is 38.8. The molecule has 1 N–H and O–H groups in total. The topological polar surface area (TPSA) is 21.3 Å². The van der Waals surface area contributed by atoms with E-state index >= 15 is 0 Å². The van der Waals surface area contributed by atoms with Crippen LogP contribution in [0.5, 0.6) is 0 Å². The Balaban J connectivity index is 1.56. The van der Waals surface area contributed by atoms with Gasteiger partial charge in [0.05, 0.1) is 6.61 Å². The predicted octanol–water partition coefficient (Wildman–Crippen LogP) is 8.38. The number of hydrogen-bond acceptors (Lipinski definition) is 2. The summed E-state index contributed by atoms with van der Waals surface area (Å²) in [4.78, 5) is 0. The van der Waals surface area contributed by atoms with Gasteiger partial charge in [-0.15, -0.1) is 0 Å². The fraction of sp³-hybridized carbons (Fsp3) is 0.333. The molecule has 0 aromatic heterocycles. The highest BCUT2D eigenvalue weighted by Crippen LogP contribution is 2.40. The minimum absolute atomic E-state index is 0.111. The van der Waals surface area contributed by atoms with Gasteiger partial charge in [-0.3, -0.25) is 0 Å². The molecule has 0 aliphatic rings. The molecule has 0 saturated carbocycles. The SMILES string of the molecule is CC(C)(C)c1cc(CNCCOC(c2ccccc2)(c2ccccc2)c2ccccc2)cc(C(C)(C)C)c1. The highest BCUT2D eigenvalue weighted by molar-refractivity contribution is 5.47. The molecule has 2 heteroatoms. The van der Waals surface area contributed by atoms with Crippen LogP contribution in [0.4, 0.5) is 0 Å². The van der Waals surface area contributed by atoms with E-state index in [-0.39, 0.29) is 10.8 Å². The van der Waals surface area contributed by atoms with Gasteiger partial charge in [0.2, 0.25) is 0 Å². The first kappa shape index (κ1) is 27.8. The second-order valence-electron chi connectivity index (χ2n) is 12.2. The molecule has 0 radical (unpaired) electrons. The van der Waals surface area contributed by atoms with E-state index in [1.54, 1.807) is 0 Å². The van der Waals surface area contributed by atoms with Crippen molar-refractivity contribution in [1.29, 1.82) is 0 Å². The molecule has 0 amide bonds. The Morgan fingerprint density at radius 3 is 1.29 bits per heavy atom. The molecule has 0 aliphatic carbocycles. The van der Waals surface area contributed by atoms with E-state index in [1.807, 2.05) is 0 Å². The lowest BCUT2D eigenvalue weighted by Gasteiger charge is -2.36. The summed E-state index contributed by atoms with van der Waals surface area (Å²) in [7, 11) is 0. The van der Waals surface area contributed by atoms with Crippen molar-refractivity contribution in [3.8, 4) is 0 Å². The molecule has 4 rings (SSSR count). The highest BCUT2D eigenvalue weighted by Gasteiger charge is 2.37. The van der Waals surface area contributed by atoms with E-state index in [0.717, 1.165) is 29.8 Å². The van der Waals surface area contributed by atoms with E-state index in [1.165, 1.54) is 16.7 Å². The Morgan fingerprint density at radius 2 is 0.921 bits per heavy atom. The lowest BCUT2D eigenvalue weighted by atomic mass is 9.79. The van der Waals surface area contributed by atoms with Gasteiger partial charge < -0.3 is 10.1 Å². The monoisotopic (exact) mass is 505 g/mol. The summed E-state index contributed by atoms with van der Waals surface area (Å²) in [5.74, 6) is 0. The molecule has 2 nitrogen and oxygen atoms in total. The molecule has 4 aromatic carbocycles. The Bertz CT molecular complexity index is 1150. The van der Waals surface area contributed by atoms with Crippen molar-refractivity contribution < 1.29 is 4.74 Å². The number of rotatable bonds is 9. The minimum Gasteiger partial charge on any atom is -0.360 e. The van der Waals surface area contributed by atoms with Gasteiger partial charge >= 0.3 is 0 Å². The van der Waals surface area contributed by atoms with E-state index in [4.69, 9.17) is 4.74 Å². The van der Waals surface area contributed by atoms with Crippen LogP contribution in [0.15, 0.2) is 109 Å². The Kier molecular flexibility index (Phi) is 8.55. The zero-order valence-corrected chi connectivity index (χ0v) is 23.9. The maximum Gasteiger partial charge on any atom is 0.143 e. The molecule has 0 heterocycles. The predicted molar refractivity (Wildman–Crippen MR) is 161 cm³/mol. The average molecular weight is 506 g/mol. The Morgan fingerprint density at radius 1 is 0.526 bits per heavy atom. The van der Waals surface area contributed by atoms with Gasteiger partial charge in [0, 0.05) is 13.1 Å². The van der Waals surface area contributed by atoms with Crippen molar-refractivity contribution in [2.45, 2.75) is 64.5 Å². The number of ether oxygens (including phenoxy) is 1. The van der Waals surface area contributed by atoms with Gasteiger partial charge in [0.15, 0.2) is 0 Å². The first-order valence-corrected chi connectivity index (χ1v) is 13.8. The van der Waals surface area contributed by atoms with Crippen LogP contribution in [0.25, 0.3) is 0 Å². The van der Waals surface area contributed by atoms with E-state index in [9.17, 15) is 0 Å². The molecule has 38 heavy (non-hydrogen) atoms. The first-order chi connectivity index (χ1) is 18.1. The first-order valence-electron chi connectivity index (χ1n) is 13.8. The van der Waals surface area contributed by atoms with E-state index in [0.29, 0.717) is 6.61 Å². The summed E-state index contributed by atoms with van der Waals surface area (Å²) in [6.45, 7) is 15.9. The number of nitrogens with one attached hydrogen (secondary N) is 1. The summed E-state index contributed by atoms with van der Waals surface area (Å²) in [5.41, 5.74) is 7.02. The van der Waals surface area contributed by atoms with Gasteiger partial charge in [0.1, 0.15) is 5.60 Å². The zero-order chi connectivity index (χ0) is 27.2. The maximum absolute atomic E-state index is 6.92. The zero-order valence-electron chi connectivity index (χ0n) is 23.9. The maximum atomic E-state index is 6.92. The molecule has 198 valence electrons. The molecular weight excluding hydrogens is 462 g/mol. The second-order valence-corrected chi connectivity index (χ2v) is 12.2. The molecule has 4 aromatic rings. The van der Waals surface area contributed by atoms with Gasteiger partial charge in [-0.2, -0.15) is 0 Å². The average Bonchev–Trinajstić information content (AvgIpc) is 2.91. The molecule has 0 unspecified atom stereocenters. The molecule has 0 spiro atoms. The van der Waals surface area contributed by atoms with Crippen LogP contribution in [0.3, 0.4) is 0 Å². The second kappa shape index (κ2) is 11.7. The van der Waals surface area contributed by atoms with Gasteiger partial charge in [-0.05, 0) is 44.2 Å². The van der Waals surface area contributed by atoms with Gasteiger partial charge in [0.25, 0.3) is 0 Å². The van der Waals surface area contributed by atoms with Gasteiger partial charge in [-0.1, -0.05) is 151 Å². The number of benzene rings is 4. The standard InChI is InChI=1S/C36H43NO/c1-34(2,3)32-24-28(25-33(26-32)35(4,5)6)27-37-22-23-38-36(29-16-10-7-11-17-29,30-18-12-8-13-19-30)31-20-14-9-15-21-31/h7-21,24-26,37H,22-23,27H2,1-6H3. The summed E-state index contributed by atoms with van der Waals surface area (Å²) < 4.78 is 6.92.